The van der Waals surface area contributed by atoms with E-state index in [1.54, 1.807) is 0 Å². The topological polar surface area (TPSA) is 115 Å². The molecule has 0 saturated heterocycles. The Morgan fingerprint density at radius 1 is 0.930 bits per heavy atom. The average molecular weight is 606 g/mol. The number of nitrogens with zero attached hydrogens (tertiary/aromatic N) is 4. The SMILES string of the molecule is COc1cc(C(=O)N(OC(=O)C(F)(F)F)C2CCC(Nc3nc(N(C)C)c4cc(C)ccc4n3)CC2)cc(OC)c1OC. The average Bonchev–Trinajstić information content (AvgIpc) is 2.98. The third-order valence-electron chi connectivity index (χ3n) is 7.14. The van der Waals surface area contributed by atoms with E-state index < -0.39 is 24.1 Å². The van der Waals surface area contributed by atoms with Crippen molar-refractivity contribution in [3.63, 3.8) is 0 Å². The monoisotopic (exact) mass is 605 g/mol. The summed E-state index contributed by atoms with van der Waals surface area (Å²) in [5.41, 5.74) is 1.73. The zero-order valence-electron chi connectivity index (χ0n) is 24.7. The number of benzene rings is 2. The molecular weight excluding hydrogens is 571 g/mol. The minimum Gasteiger partial charge on any atom is -0.493 e. The molecule has 0 spiro atoms. The van der Waals surface area contributed by atoms with Crippen molar-refractivity contribution in [2.75, 3.05) is 45.6 Å². The van der Waals surface area contributed by atoms with Gasteiger partial charge in [-0.1, -0.05) is 11.6 Å². The summed E-state index contributed by atoms with van der Waals surface area (Å²) in [7, 11) is 7.82. The number of alkyl halides is 3. The quantitative estimate of drug-likeness (QED) is 0.355. The van der Waals surface area contributed by atoms with Gasteiger partial charge in [-0.2, -0.15) is 23.2 Å². The van der Waals surface area contributed by atoms with E-state index in [9.17, 15) is 22.8 Å². The molecule has 43 heavy (non-hydrogen) atoms. The molecule has 3 aromatic rings. The molecule has 0 unspecified atom stereocenters. The van der Waals surface area contributed by atoms with Crippen LogP contribution in [0.3, 0.4) is 0 Å². The number of hydrogen-bond donors (Lipinski definition) is 1. The maximum Gasteiger partial charge on any atom is 0.493 e. The van der Waals surface area contributed by atoms with Crippen molar-refractivity contribution in [2.24, 2.45) is 0 Å². The second-order valence-electron chi connectivity index (χ2n) is 10.4. The van der Waals surface area contributed by atoms with Crippen molar-refractivity contribution in [3.8, 4) is 17.2 Å². The summed E-state index contributed by atoms with van der Waals surface area (Å²) in [6.07, 6.45) is -3.93. The third kappa shape index (κ3) is 6.95. The molecule has 1 N–H and O–H groups in total. The Balaban J connectivity index is 1.56. The van der Waals surface area contributed by atoms with Gasteiger partial charge in [-0.05, 0) is 56.9 Å². The highest BCUT2D eigenvalue weighted by molar-refractivity contribution is 5.96. The highest BCUT2D eigenvalue weighted by atomic mass is 19.4. The van der Waals surface area contributed by atoms with E-state index in [1.165, 1.54) is 33.5 Å². The number of fused-ring (bicyclic) bond motifs is 1. The number of aryl methyl sites for hydroxylation is 1. The van der Waals surface area contributed by atoms with Crippen LogP contribution in [0.2, 0.25) is 0 Å². The number of halogens is 3. The van der Waals surface area contributed by atoms with Crippen LogP contribution in [0.5, 0.6) is 17.2 Å². The number of rotatable bonds is 8. The van der Waals surface area contributed by atoms with Crippen molar-refractivity contribution in [1.29, 1.82) is 0 Å². The van der Waals surface area contributed by atoms with Gasteiger partial charge in [0.1, 0.15) is 5.82 Å². The van der Waals surface area contributed by atoms with Crippen LogP contribution in [0.25, 0.3) is 10.9 Å². The maximum atomic E-state index is 13.6. The van der Waals surface area contributed by atoms with Gasteiger partial charge in [0, 0.05) is 25.5 Å². The van der Waals surface area contributed by atoms with Crippen LogP contribution in [0, 0.1) is 6.92 Å². The minimum atomic E-state index is -5.30. The largest absolute Gasteiger partial charge is 0.493 e. The van der Waals surface area contributed by atoms with E-state index in [0.717, 1.165) is 22.3 Å². The van der Waals surface area contributed by atoms with Crippen LogP contribution in [-0.4, -0.2) is 80.6 Å². The fourth-order valence-electron chi connectivity index (χ4n) is 5.02. The third-order valence-corrected chi connectivity index (χ3v) is 7.14. The Morgan fingerprint density at radius 3 is 2.09 bits per heavy atom. The number of aromatic nitrogens is 2. The highest BCUT2D eigenvalue weighted by Crippen LogP contribution is 2.39. The number of ether oxygens (including phenoxy) is 3. The maximum absolute atomic E-state index is 13.6. The van der Waals surface area contributed by atoms with Gasteiger partial charge in [-0.25, -0.2) is 9.78 Å². The zero-order chi connectivity index (χ0) is 31.5. The van der Waals surface area contributed by atoms with Gasteiger partial charge in [0.2, 0.25) is 11.7 Å². The smallest absolute Gasteiger partial charge is 0.493 e. The number of anilines is 2. The molecule has 1 heterocycles. The molecule has 1 aliphatic carbocycles. The Morgan fingerprint density at radius 2 is 1.56 bits per heavy atom. The van der Waals surface area contributed by atoms with Gasteiger partial charge in [0.15, 0.2) is 11.5 Å². The van der Waals surface area contributed by atoms with E-state index in [0.29, 0.717) is 23.9 Å². The van der Waals surface area contributed by atoms with Gasteiger partial charge in [-0.3, -0.25) is 4.79 Å². The molecule has 1 saturated carbocycles. The molecule has 1 aliphatic rings. The van der Waals surface area contributed by atoms with Crippen LogP contribution in [0.4, 0.5) is 24.9 Å². The predicted molar refractivity (Wildman–Crippen MR) is 153 cm³/mol. The lowest BCUT2D eigenvalue weighted by Gasteiger charge is -2.35. The number of amides is 1. The Bertz CT molecular complexity index is 1470. The number of hydrogen-bond acceptors (Lipinski definition) is 10. The number of hydroxylamine groups is 2. The van der Waals surface area contributed by atoms with Crippen molar-refractivity contribution >= 4 is 34.5 Å². The van der Waals surface area contributed by atoms with Crippen molar-refractivity contribution < 1.29 is 41.8 Å². The summed E-state index contributed by atoms with van der Waals surface area (Å²) in [6.45, 7) is 1.99. The molecule has 1 fully saturated rings. The molecule has 0 radical (unpaired) electrons. The summed E-state index contributed by atoms with van der Waals surface area (Å²) in [5.74, 6) is -1.88. The highest BCUT2D eigenvalue weighted by Gasteiger charge is 2.45. The number of carbonyl (C=O) groups is 2. The summed E-state index contributed by atoms with van der Waals surface area (Å²) >= 11 is 0. The van der Waals surface area contributed by atoms with E-state index in [4.69, 9.17) is 14.2 Å². The first-order valence-electron chi connectivity index (χ1n) is 13.5. The Hall–Kier alpha value is -4.49. The molecule has 1 aromatic heterocycles. The molecular formula is C29H34F3N5O6. The molecule has 0 aliphatic heterocycles. The summed E-state index contributed by atoms with van der Waals surface area (Å²) in [5, 5.41) is 4.74. The minimum absolute atomic E-state index is 0.110. The Kier molecular flexibility index (Phi) is 9.36. The molecule has 14 heteroatoms. The van der Waals surface area contributed by atoms with Crippen LogP contribution in [0.15, 0.2) is 30.3 Å². The van der Waals surface area contributed by atoms with Crippen LogP contribution < -0.4 is 24.4 Å². The number of nitrogens with one attached hydrogen (secondary N) is 1. The number of methoxy groups -OCH3 is 3. The molecule has 0 atom stereocenters. The first kappa shape index (κ1) is 31.4. The van der Waals surface area contributed by atoms with Gasteiger partial charge >= 0.3 is 12.1 Å². The molecule has 232 valence electrons. The predicted octanol–water partition coefficient (Wildman–Crippen LogP) is 4.92. The van der Waals surface area contributed by atoms with Gasteiger partial charge in [0.05, 0.1) is 38.5 Å². The summed E-state index contributed by atoms with van der Waals surface area (Å²) in [6, 6.07) is 7.51. The fraction of sp³-hybridized carbons (Fsp3) is 0.448. The van der Waals surface area contributed by atoms with Gasteiger partial charge in [-0.15, -0.1) is 0 Å². The van der Waals surface area contributed by atoms with Crippen molar-refractivity contribution in [2.45, 2.75) is 50.9 Å². The van der Waals surface area contributed by atoms with E-state index in [2.05, 4.69) is 20.1 Å². The van der Waals surface area contributed by atoms with E-state index in [-0.39, 0.29) is 41.7 Å². The second kappa shape index (κ2) is 12.8. The zero-order valence-corrected chi connectivity index (χ0v) is 24.7. The fourth-order valence-corrected chi connectivity index (χ4v) is 5.02. The number of carbonyl (C=O) groups excluding carboxylic acids is 2. The van der Waals surface area contributed by atoms with Crippen LogP contribution >= 0.6 is 0 Å². The molecule has 1 amide bonds. The lowest BCUT2D eigenvalue weighted by atomic mass is 9.90. The van der Waals surface area contributed by atoms with Crippen molar-refractivity contribution in [1.82, 2.24) is 15.0 Å². The Labute approximate surface area is 246 Å². The normalized spacial score (nSPS) is 16.8. The first-order valence-corrected chi connectivity index (χ1v) is 13.5. The van der Waals surface area contributed by atoms with Crippen LogP contribution in [-0.2, 0) is 9.63 Å². The second-order valence-corrected chi connectivity index (χ2v) is 10.4. The summed E-state index contributed by atoms with van der Waals surface area (Å²) < 4.78 is 55.4. The molecule has 11 nitrogen and oxygen atoms in total. The standard InChI is InChI=1S/C29H34F3N5O6/c1-16-7-12-21-20(13-16)25(36(2)3)35-28(34-21)33-18-8-10-19(11-9-18)37(43-27(39)29(30,31)32)26(38)17-14-22(40-4)24(42-6)23(15-17)41-5/h7,12-15,18-19H,8-11H2,1-6H3,(H,33,34,35). The lowest BCUT2D eigenvalue weighted by molar-refractivity contribution is -0.235. The van der Waals surface area contributed by atoms with E-state index >= 15 is 0 Å². The van der Waals surface area contributed by atoms with E-state index in [1.807, 2.05) is 44.1 Å². The molecule has 4 rings (SSSR count). The lowest BCUT2D eigenvalue weighted by Crippen LogP contribution is -2.47. The van der Waals surface area contributed by atoms with Crippen molar-refractivity contribution in [3.05, 3.63) is 41.5 Å². The van der Waals surface area contributed by atoms with Gasteiger partial charge in [0.25, 0.3) is 5.91 Å². The van der Waals surface area contributed by atoms with Gasteiger partial charge < -0.3 is 29.3 Å². The first-order chi connectivity index (χ1) is 20.4. The molecule has 0 bridgehead atoms. The molecule has 2 aromatic carbocycles. The summed E-state index contributed by atoms with van der Waals surface area (Å²) in [4.78, 5) is 41.3. The van der Waals surface area contributed by atoms with Crippen LogP contribution in [0.1, 0.15) is 41.6 Å².